The Hall–Kier alpha value is -2.83. The normalized spacial score (nSPS) is 13.8. The Balaban J connectivity index is 1.27. The van der Waals surface area contributed by atoms with Gasteiger partial charge in [0.15, 0.2) is 0 Å². The van der Waals surface area contributed by atoms with E-state index in [4.69, 9.17) is 4.52 Å². The molecule has 0 aliphatic heterocycles. The summed E-state index contributed by atoms with van der Waals surface area (Å²) in [6.07, 6.45) is 5.69. The van der Waals surface area contributed by atoms with Crippen LogP contribution in [0.4, 0.5) is 10.2 Å². The SMILES string of the molecule is Fc1ccc(-c2noc(CCCNc3ccnc(C4CC4)n3)n2)cc1. The van der Waals surface area contributed by atoms with E-state index in [1.807, 2.05) is 6.07 Å². The standard InChI is InChI=1S/C18H18FN5O/c19-14-7-5-13(6-8-14)18-23-16(25-24-18)2-1-10-20-15-9-11-21-17(22-15)12-3-4-12/h5-9,11-12H,1-4,10H2,(H,20,21,22). The average Bonchev–Trinajstić information content (AvgIpc) is 3.39. The molecule has 1 aromatic carbocycles. The molecule has 2 heterocycles. The van der Waals surface area contributed by atoms with Gasteiger partial charge >= 0.3 is 0 Å². The van der Waals surface area contributed by atoms with Crippen molar-refractivity contribution in [3.8, 4) is 11.4 Å². The van der Waals surface area contributed by atoms with Crippen LogP contribution >= 0.6 is 0 Å². The number of rotatable bonds is 7. The molecule has 0 unspecified atom stereocenters. The van der Waals surface area contributed by atoms with Gasteiger partial charge in [0.25, 0.3) is 0 Å². The predicted molar refractivity (Wildman–Crippen MR) is 90.5 cm³/mol. The lowest BCUT2D eigenvalue weighted by Gasteiger charge is -2.05. The maximum atomic E-state index is 12.9. The summed E-state index contributed by atoms with van der Waals surface area (Å²) >= 11 is 0. The highest BCUT2D eigenvalue weighted by Gasteiger charge is 2.26. The van der Waals surface area contributed by atoms with Crippen LogP contribution in [0.3, 0.4) is 0 Å². The summed E-state index contributed by atoms with van der Waals surface area (Å²) in [4.78, 5) is 13.2. The van der Waals surface area contributed by atoms with E-state index in [1.165, 1.54) is 25.0 Å². The van der Waals surface area contributed by atoms with Crippen LogP contribution in [0.15, 0.2) is 41.1 Å². The fraction of sp³-hybridized carbons (Fsp3) is 0.333. The Morgan fingerprint density at radius 3 is 2.76 bits per heavy atom. The highest BCUT2D eigenvalue weighted by Crippen LogP contribution is 2.38. The summed E-state index contributed by atoms with van der Waals surface area (Å²) in [6.45, 7) is 0.759. The van der Waals surface area contributed by atoms with Crippen molar-refractivity contribution in [3.63, 3.8) is 0 Å². The van der Waals surface area contributed by atoms with E-state index < -0.39 is 0 Å². The number of anilines is 1. The van der Waals surface area contributed by atoms with Gasteiger partial charge in [0.05, 0.1) is 0 Å². The third-order valence-corrected chi connectivity index (χ3v) is 4.06. The molecule has 1 aliphatic rings. The van der Waals surface area contributed by atoms with Crippen molar-refractivity contribution in [2.45, 2.75) is 31.6 Å². The Morgan fingerprint density at radius 2 is 1.96 bits per heavy atom. The zero-order valence-electron chi connectivity index (χ0n) is 13.7. The average molecular weight is 339 g/mol. The monoisotopic (exact) mass is 339 g/mol. The minimum absolute atomic E-state index is 0.284. The molecule has 0 atom stereocenters. The lowest BCUT2D eigenvalue weighted by Crippen LogP contribution is -2.06. The predicted octanol–water partition coefficient (Wildman–Crippen LogP) is 3.59. The van der Waals surface area contributed by atoms with Gasteiger partial charge in [-0.25, -0.2) is 14.4 Å². The van der Waals surface area contributed by atoms with Crippen LogP contribution in [0.5, 0.6) is 0 Å². The fourth-order valence-corrected chi connectivity index (χ4v) is 2.54. The molecule has 0 radical (unpaired) electrons. The molecular formula is C18H18FN5O. The minimum atomic E-state index is -0.284. The second-order valence-electron chi connectivity index (χ2n) is 6.12. The highest BCUT2D eigenvalue weighted by atomic mass is 19.1. The highest BCUT2D eigenvalue weighted by molar-refractivity contribution is 5.53. The Labute approximate surface area is 144 Å². The molecule has 0 amide bonds. The van der Waals surface area contributed by atoms with Crippen LogP contribution in [-0.2, 0) is 6.42 Å². The topological polar surface area (TPSA) is 76.7 Å². The number of aromatic nitrogens is 4. The summed E-state index contributed by atoms with van der Waals surface area (Å²) < 4.78 is 18.2. The number of hydrogen-bond acceptors (Lipinski definition) is 6. The number of nitrogens with zero attached hydrogens (tertiary/aromatic N) is 4. The molecule has 7 heteroatoms. The fourth-order valence-electron chi connectivity index (χ4n) is 2.54. The second-order valence-corrected chi connectivity index (χ2v) is 6.12. The van der Waals surface area contributed by atoms with E-state index in [0.717, 1.165) is 30.2 Å². The lowest BCUT2D eigenvalue weighted by atomic mass is 10.2. The molecule has 0 saturated heterocycles. The number of hydrogen-bond donors (Lipinski definition) is 1. The van der Waals surface area contributed by atoms with E-state index in [0.29, 0.717) is 24.1 Å². The van der Waals surface area contributed by atoms with Gasteiger partial charge in [-0.05, 0) is 49.6 Å². The number of benzene rings is 1. The molecule has 2 aromatic heterocycles. The third-order valence-electron chi connectivity index (χ3n) is 4.06. The Kier molecular flexibility index (Phi) is 4.37. The first kappa shape index (κ1) is 15.7. The minimum Gasteiger partial charge on any atom is -0.370 e. The number of nitrogens with one attached hydrogen (secondary N) is 1. The maximum absolute atomic E-state index is 12.9. The van der Waals surface area contributed by atoms with Crippen molar-refractivity contribution in [1.29, 1.82) is 0 Å². The Morgan fingerprint density at radius 1 is 1.12 bits per heavy atom. The molecule has 1 aliphatic carbocycles. The van der Waals surface area contributed by atoms with Gasteiger partial charge in [-0.15, -0.1) is 0 Å². The zero-order valence-corrected chi connectivity index (χ0v) is 13.7. The van der Waals surface area contributed by atoms with Crippen molar-refractivity contribution >= 4 is 5.82 Å². The maximum Gasteiger partial charge on any atom is 0.227 e. The van der Waals surface area contributed by atoms with Gasteiger partial charge in [-0.2, -0.15) is 4.98 Å². The van der Waals surface area contributed by atoms with Crippen LogP contribution in [0.1, 0.15) is 36.9 Å². The summed E-state index contributed by atoms with van der Waals surface area (Å²) in [5.74, 6) is 3.11. The zero-order chi connectivity index (χ0) is 17.1. The van der Waals surface area contributed by atoms with E-state index in [1.54, 1.807) is 18.3 Å². The first-order chi connectivity index (χ1) is 12.3. The van der Waals surface area contributed by atoms with Crippen molar-refractivity contribution in [1.82, 2.24) is 20.1 Å². The van der Waals surface area contributed by atoms with Gasteiger partial charge < -0.3 is 9.84 Å². The van der Waals surface area contributed by atoms with Gasteiger partial charge in [-0.1, -0.05) is 5.16 Å². The summed E-state index contributed by atoms with van der Waals surface area (Å²) in [7, 11) is 0. The number of halogens is 1. The lowest BCUT2D eigenvalue weighted by molar-refractivity contribution is 0.377. The second kappa shape index (κ2) is 6.96. The van der Waals surface area contributed by atoms with Gasteiger partial charge in [0, 0.05) is 30.6 Å². The molecular weight excluding hydrogens is 321 g/mol. The van der Waals surface area contributed by atoms with Crippen LogP contribution in [0, 0.1) is 5.82 Å². The van der Waals surface area contributed by atoms with Crippen molar-refractivity contribution in [3.05, 3.63) is 54.1 Å². The Bertz CT molecular complexity index is 845. The molecule has 6 nitrogen and oxygen atoms in total. The molecule has 4 rings (SSSR count). The molecule has 0 bridgehead atoms. The van der Waals surface area contributed by atoms with Crippen LogP contribution in [0.2, 0.25) is 0 Å². The van der Waals surface area contributed by atoms with Crippen molar-refractivity contribution in [2.75, 3.05) is 11.9 Å². The molecule has 1 fully saturated rings. The molecule has 1 N–H and O–H groups in total. The van der Waals surface area contributed by atoms with Gasteiger partial charge in [0.1, 0.15) is 17.5 Å². The first-order valence-corrected chi connectivity index (χ1v) is 8.43. The van der Waals surface area contributed by atoms with Crippen molar-refractivity contribution in [2.24, 2.45) is 0 Å². The summed E-state index contributed by atoms with van der Waals surface area (Å²) in [6, 6.07) is 7.92. The molecule has 3 aromatic rings. The van der Waals surface area contributed by atoms with Crippen LogP contribution < -0.4 is 5.32 Å². The summed E-state index contributed by atoms with van der Waals surface area (Å²) in [5.41, 5.74) is 0.739. The number of aryl methyl sites for hydroxylation is 1. The quantitative estimate of drug-likeness (QED) is 0.663. The van der Waals surface area contributed by atoms with E-state index in [2.05, 4.69) is 25.4 Å². The van der Waals surface area contributed by atoms with Crippen LogP contribution in [-0.4, -0.2) is 26.7 Å². The van der Waals surface area contributed by atoms with Crippen LogP contribution in [0.25, 0.3) is 11.4 Å². The van der Waals surface area contributed by atoms with E-state index in [9.17, 15) is 4.39 Å². The van der Waals surface area contributed by atoms with Gasteiger partial charge in [-0.3, -0.25) is 0 Å². The largest absolute Gasteiger partial charge is 0.370 e. The molecule has 25 heavy (non-hydrogen) atoms. The smallest absolute Gasteiger partial charge is 0.227 e. The first-order valence-electron chi connectivity index (χ1n) is 8.43. The van der Waals surface area contributed by atoms with E-state index >= 15 is 0 Å². The molecule has 1 saturated carbocycles. The molecule has 128 valence electrons. The van der Waals surface area contributed by atoms with Crippen molar-refractivity contribution < 1.29 is 8.91 Å². The van der Waals surface area contributed by atoms with Gasteiger partial charge in [0.2, 0.25) is 11.7 Å². The third kappa shape index (κ3) is 3.99. The summed E-state index contributed by atoms with van der Waals surface area (Å²) in [5, 5.41) is 7.24. The van der Waals surface area contributed by atoms with E-state index in [-0.39, 0.29) is 5.82 Å². The molecule has 0 spiro atoms.